The molecule has 0 aliphatic heterocycles. The van der Waals surface area contributed by atoms with E-state index in [0.717, 1.165) is 0 Å². The summed E-state index contributed by atoms with van der Waals surface area (Å²) in [7, 11) is 0. The van der Waals surface area contributed by atoms with Gasteiger partial charge in [0.25, 0.3) is 0 Å². The minimum Gasteiger partial charge on any atom is -0.120 e. The summed E-state index contributed by atoms with van der Waals surface area (Å²) in [6.45, 7) is 1.65. The van der Waals surface area contributed by atoms with E-state index in [1.807, 2.05) is 0 Å². The zero-order valence-corrected chi connectivity index (χ0v) is 4.08. The number of hydrogen-bond donors (Lipinski definition) is 0. The summed E-state index contributed by atoms with van der Waals surface area (Å²) < 4.78 is 0. The molecule has 0 amide bonds. The average Bonchev–Trinajstić information content (AvgIpc) is 0.918. The first kappa shape index (κ1) is 17.1. The van der Waals surface area contributed by atoms with Gasteiger partial charge in [0.15, 0.2) is 0 Å². The predicted molar refractivity (Wildman–Crippen MR) is 26.0 cm³/mol. The maximum absolute atomic E-state index is 4.60. The molecule has 0 rings (SSSR count). The predicted octanol–water partition coefficient (Wildman–Crippen LogP) is -0.122. The summed E-state index contributed by atoms with van der Waals surface area (Å²) >= 11 is 0. The Kier molecular flexibility index (Phi) is 74.6. The molecule has 0 saturated heterocycles. The molecule has 5 heavy (non-hydrogen) atoms. The summed E-state index contributed by atoms with van der Waals surface area (Å²) in [5.41, 5.74) is 0. The molecule has 0 aromatic rings. The molecule has 0 heterocycles. The minimum atomic E-state index is 0. The van der Waals surface area contributed by atoms with Crippen molar-refractivity contribution in [1.82, 2.24) is 0 Å². The topological polar surface area (TPSA) is 0 Å². The molecular weight excluding hydrogens is 49.9 g/mol. The van der Waals surface area contributed by atoms with Crippen LogP contribution in [0.3, 0.4) is 0 Å². The van der Waals surface area contributed by atoms with Crippen LogP contribution in [-0.4, -0.2) is 37.7 Å². The number of terminal acetylenes is 1. The van der Waals surface area contributed by atoms with E-state index in [0.29, 0.717) is 0 Å². The van der Waals surface area contributed by atoms with Crippen molar-refractivity contribution < 1.29 is 0 Å². The van der Waals surface area contributed by atoms with Gasteiger partial charge in [0, 0.05) is 37.7 Å². The van der Waals surface area contributed by atoms with Crippen molar-refractivity contribution in [3.63, 3.8) is 0 Å². The van der Waals surface area contributed by atoms with Crippen molar-refractivity contribution in [1.29, 1.82) is 0 Å². The largest absolute Gasteiger partial charge is 0.120 e. The molecule has 2 radical (unpaired) electrons. The average molecular weight is 53.9 g/mol. The second-order valence-electron chi connectivity index (χ2n) is 0.289. The van der Waals surface area contributed by atoms with Gasteiger partial charge in [0.05, 0.1) is 0 Å². The first-order valence-corrected chi connectivity index (χ1v) is 0.789. The van der Waals surface area contributed by atoms with Gasteiger partial charge in [-0.25, -0.2) is 0 Å². The van der Waals surface area contributed by atoms with E-state index in [9.17, 15) is 0 Å². The van der Waals surface area contributed by atoms with Crippen LogP contribution in [0.5, 0.6) is 0 Å². The Hall–Kier alpha value is 0.755. The fourth-order valence-corrected chi connectivity index (χ4v) is 0. The molecule has 0 N–H and O–H groups in total. The van der Waals surface area contributed by atoms with E-state index in [2.05, 4.69) is 12.3 Å². The maximum atomic E-state index is 4.60. The normalized spacial score (nSPS) is 1.60. The van der Waals surface area contributed by atoms with Crippen LogP contribution in [0.1, 0.15) is 6.92 Å². The molecule has 2 heteroatoms. The summed E-state index contributed by atoms with van der Waals surface area (Å²) in [5, 5.41) is 0. The van der Waals surface area contributed by atoms with Crippen LogP contribution in [0, 0.1) is 12.3 Å². The van der Waals surface area contributed by atoms with Crippen molar-refractivity contribution in [2.45, 2.75) is 6.92 Å². The van der Waals surface area contributed by atoms with Crippen molar-refractivity contribution in [3.8, 4) is 12.3 Å². The van der Waals surface area contributed by atoms with Crippen molar-refractivity contribution in [3.05, 3.63) is 0 Å². The van der Waals surface area contributed by atoms with Crippen LogP contribution in [0.4, 0.5) is 0 Å². The van der Waals surface area contributed by atoms with Gasteiger partial charge in [0.2, 0.25) is 0 Å². The van der Waals surface area contributed by atoms with Crippen LogP contribution >= 0.6 is 0 Å². The monoisotopic (exact) mass is 54.1 g/mol. The van der Waals surface area contributed by atoms with E-state index in [4.69, 9.17) is 0 Å². The molecule has 18 valence electrons. The molecular formula is C3H4Li2. The molecule has 0 nitrogen and oxygen atoms in total. The molecule has 0 atom stereocenters. The third-order valence-corrected chi connectivity index (χ3v) is 0. The Morgan fingerprint density at radius 1 is 1.40 bits per heavy atom. The van der Waals surface area contributed by atoms with Crippen molar-refractivity contribution in [2.75, 3.05) is 0 Å². The van der Waals surface area contributed by atoms with Gasteiger partial charge in [-0.1, -0.05) is 0 Å². The van der Waals surface area contributed by atoms with E-state index in [1.54, 1.807) is 6.92 Å². The maximum Gasteiger partial charge on any atom is 0 e. The minimum absolute atomic E-state index is 0. The Labute approximate surface area is 57.1 Å². The van der Waals surface area contributed by atoms with E-state index in [1.165, 1.54) is 0 Å². The molecule has 0 unspecified atom stereocenters. The van der Waals surface area contributed by atoms with Gasteiger partial charge in [-0.05, 0) is 6.92 Å². The Bertz CT molecular complexity index is 26.4. The fraction of sp³-hybridized carbons (Fsp3) is 0.333. The Balaban J connectivity index is -0.0000000200. The molecule has 0 saturated carbocycles. The zero-order chi connectivity index (χ0) is 2.71. The smallest absolute Gasteiger partial charge is 0 e. The van der Waals surface area contributed by atoms with Crippen LogP contribution in [0.15, 0.2) is 0 Å². The summed E-state index contributed by atoms with van der Waals surface area (Å²) in [4.78, 5) is 0. The molecule has 0 aromatic heterocycles. The van der Waals surface area contributed by atoms with Gasteiger partial charge in [-0.3, -0.25) is 0 Å². The van der Waals surface area contributed by atoms with E-state index in [-0.39, 0.29) is 37.7 Å². The first-order chi connectivity index (χ1) is 1.41. The van der Waals surface area contributed by atoms with Crippen LogP contribution in [-0.2, 0) is 0 Å². The standard InChI is InChI=1S/C3H4.2Li/c1-3-2;;/h1H,2H3;;. The molecule has 0 aliphatic carbocycles. The number of hydrogen-bond acceptors (Lipinski definition) is 0. The molecule has 0 bridgehead atoms. The second kappa shape index (κ2) is 21.8. The zero-order valence-electron chi connectivity index (χ0n) is 4.08. The molecule has 0 fully saturated rings. The third kappa shape index (κ3) is 63.3. The summed E-state index contributed by atoms with van der Waals surface area (Å²) in [6.07, 6.45) is 4.60. The van der Waals surface area contributed by atoms with Gasteiger partial charge < -0.3 is 0 Å². The SMILES string of the molecule is C#CC.[Li].[Li]. The van der Waals surface area contributed by atoms with Crippen molar-refractivity contribution >= 4 is 37.7 Å². The van der Waals surface area contributed by atoms with Crippen LogP contribution in [0.2, 0.25) is 0 Å². The summed E-state index contributed by atoms with van der Waals surface area (Å²) in [6, 6.07) is 0. The van der Waals surface area contributed by atoms with Gasteiger partial charge in [-0.15, -0.1) is 12.3 Å². The Morgan fingerprint density at radius 3 is 1.40 bits per heavy atom. The van der Waals surface area contributed by atoms with Gasteiger partial charge in [-0.2, -0.15) is 0 Å². The molecule has 0 aromatic carbocycles. The van der Waals surface area contributed by atoms with Gasteiger partial charge in [0.1, 0.15) is 0 Å². The summed E-state index contributed by atoms with van der Waals surface area (Å²) in [5.74, 6) is 2.25. The Morgan fingerprint density at radius 2 is 1.40 bits per heavy atom. The second-order valence-corrected chi connectivity index (χ2v) is 0.289. The number of rotatable bonds is 0. The van der Waals surface area contributed by atoms with Crippen molar-refractivity contribution in [2.24, 2.45) is 0 Å². The van der Waals surface area contributed by atoms with Crippen LogP contribution in [0.25, 0.3) is 0 Å². The molecule has 0 aliphatic rings. The van der Waals surface area contributed by atoms with E-state index < -0.39 is 0 Å². The van der Waals surface area contributed by atoms with E-state index >= 15 is 0 Å². The van der Waals surface area contributed by atoms with Gasteiger partial charge >= 0.3 is 0 Å². The fourth-order valence-electron chi connectivity index (χ4n) is 0. The first-order valence-electron chi connectivity index (χ1n) is 0.789. The molecule has 0 spiro atoms. The third-order valence-electron chi connectivity index (χ3n) is 0. The van der Waals surface area contributed by atoms with Crippen LogP contribution < -0.4 is 0 Å². The quantitative estimate of drug-likeness (QED) is 0.267.